The molecule has 0 aliphatic rings. The lowest BCUT2D eigenvalue weighted by molar-refractivity contribution is -0.155. The Morgan fingerprint density at radius 1 is 1.36 bits per heavy atom. The van der Waals surface area contributed by atoms with Crippen LogP contribution in [0.1, 0.15) is 39.5 Å². The topological polar surface area (TPSA) is 80.8 Å². The van der Waals surface area contributed by atoms with Crippen molar-refractivity contribution in [2.45, 2.75) is 39.5 Å². The molecule has 0 aromatic carbocycles. The lowest BCUT2D eigenvalue weighted by Crippen LogP contribution is -2.38. The van der Waals surface area contributed by atoms with Crippen LogP contribution in [0.2, 0.25) is 0 Å². The third-order valence-corrected chi connectivity index (χ3v) is 2.65. The van der Waals surface area contributed by atoms with Crippen molar-refractivity contribution in [3.05, 3.63) is 23.9 Å². The van der Waals surface area contributed by atoms with E-state index in [-0.39, 0.29) is 0 Å². The van der Waals surface area contributed by atoms with E-state index in [9.17, 15) is 9.59 Å². The second-order valence-corrected chi connectivity index (χ2v) is 5.74. The highest BCUT2D eigenvalue weighted by Gasteiger charge is 2.30. The predicted octanol–water partition coefficient (Wildman–Crippen LogP) is 2.55. The quantitative estimate of drug-likeness (QED) is 0.680. The minimum atomic E-state index is -0.927. The molecule has 1 amide bonds. The number of esters is 1. The SMILES string of the molecule is CNc1ncccc1C(OC(C)=O)N(C)C(=O)OC(C)(C)C. The Hall–Kier alpha value is -2.31. The minimum Gasteiger partial charge on any atom is -0.444 e. The van der Waals surface area contributed by atoms with Gasteiger partial charge < -0.3 is 14.8 Å². The fourth-order valence-electron chi connectivity index (χ4n) is 1.76. The number of pyridine rings is 1. The summed E-state index contributed by atoms with van der Waals surface area (Å²) in [5.74, 6) is 0.00970. The molecular weight excluding hydrogens is 286 g/mol. The molecule has 0 fully saturated rings. The number of ether oxygens (including phenoxy) is 2. The monoisotopic (exact) mass is 309 g/mol. The van der Waals surface area contributed by atoms with Gasteiger partial charge in [0.15, 0.2) is 0 Å². The maximum Gasteiger partial charge on any atom is 0.413 e. The zero-order valence-electron chi connectivity index (χ0n) is 13.8. The van der Waals surface area contributed by atoms with Gasteiger partial charge in [-0.1, -0.05) is 0 Å². The molecule has 0 spiro atoms. The summed E-state index contributed by atoms with van der Waals surface area (Å²) in [5, 5.41) is 2.91. The van der Waals surface area contributed by atoms with Gasteiger partial charge in [-0.05, 0) is 32.9 Å². The Labute approximate surface area is 130 Å². The first-order valence-corrected chi connectivity index (χ1v) is 6.91. The smallest absolute Gasteiger partial charge is 0.413 e. The molecule has 0 radical (unpaired) electrons. The van der Waals surface area contributed by atoms with E-state index < -0.39 is 23.9 Å². The van der Waals surface area contributed by atoms with Crippen LogP contribution >= 0.6 is 0 Å². The van der Waals surface area contributed by atoms with Crippen molar-refractivity contribution in [3.8, 4) is 0 Å². The molecule has 1 heterocycles. The number of hydrogen-bond donors (Lipinski definition) is 1. The van der Waals surface area contributed by atoms with Gasteiger partial charge in [-0.2, -0.15) is 0 Å². The fraction of sp³-hybridized carbons (Fsp3) is 0.533. The van der Waals surface area contributed by atoms with E-state index in [1.54, 1.807) is 46.1 Å². The van der Waals surface area contributed by atoms with Gasteiger partial charge in [-0.3, -0.25) is 9.69 Å². The maximum absolute atomic E-state index is 12.2. The van der Waals surface area contributed by atoms with Crippen LogP contribution in [0, 0.1) is 0 Å². The number of anilines is 1. The van der Waals surface area contributed by atoms with Crippen molar-refractivity contribution >= 4 is 17.9 Å². The van der Waals surface area contributed by atoms with E-state index in [4.69, 9.17) is 9.47 Å². The van der Waals surface area contributed by atoms with Crippen molar-refractivity contribution in [2.24, 2.45) is 0 Å². The molecule has 1 N–H and O–H groups in total. The number of carbonyl (C=O) groups is 2. The van der Waals surface area contributed by atoms with E-state index in [1.165, 1.54) is 18.9 Å². The Bertz CT molecular complexity index is 540. The zero-order chi connectivity index (χ0) is 16.9. The van der Waals surface area contributed by atoms with E-state index in [0.717, 1.165) is 0 Å². The number of nitrogens with one attached hydrogen (secondary N) is 1. The highest BCUT2D eigenvalue weighted by atomic mass is 16.6. The fourth-order valence-corrected chi connectivity index (χ4v) is 1.76. The van der Waals surface area contributed by atoms with Crippen LogP contribution in [0.25, 0.3) is 0 Å². The summed E-state index contributed by atoms with van der Waals surface area (Å²) in [6.07, 6.45) is 0.0846. The molecule has 0 saturated carbocycles. The van der Waals surface area contributed by atoms with Crippen molar-refractivity contribution < 1.29 is 19.1 Å². The Kier molecular flexibility index (Phi) is 5.73. The van der Waals surface area contributed by atoms with E-state index in [1.807, 2.05) is 0 Å². The summed E-state index contributed by atoms with van der Waals surface area (Å²) < 4.78 is 10.6. The zero-order valence-corrected chi connectivity index (χ0v) is 13.8. The van der Waals surface area contributed by atoms with Crippen molar-refractivity contribution in [2.75, 3.05) is 19.4 Å². The molecule has 1 atom stereocenters. The average molecular weight is 309 g/mol. The van der Waals surface area contributed by atoms with Gasteiger partial charge >= 0.3 is 12.1 Å². The summed E-state index contributed by atoms with van der Waals surface area (Å²) in [6.45, 7) is 6.58. The molecule has 1 unspecified atom stereocenters. The number of amides is 1. The van der Waals surface area contributed by atoms with Crippen LogP contribution in [-0.4, -0.2) is 41.6 Å². The number of hydrogen-bond acceptors (Lipinski definition) is 6. The number of aromatic nitrogens is 1. The molecule has 1 aromatic rings. The normalized spacial score (nSPS) is 12.3. The van der Waals surface area contributed by atoms with E-state index in [0.29, 0.717) is 11.4 Å². The molecule has 122 valence electrons. The molecule has 0 aliphatic carbocycles. The van der Waals surface area contributed by atoms with E-state index in [2.05, 4.69) is 10.3 Å². The molecule has 7 heteroatoms. The van der Waals surface area contributed by atoms with Crippen LogP contribution in [0.15, 0.2) is 18.3 Å². The largest absolute Gasteiger partial charge is 0.444 e. The Balaban J connectivity index is 3.12. The van der Waals surface area contributed by atoms with Crippen LogP contribution < -0.4 is 5.32 Å². The summed E-state index contributed by atoms with van der Waals surface area (Å²) in [7, 11) is 3.21. The highest BCUT2D eigenvalue weighted by molar-refractivity contribution is 5.71. The molecule has 7 nitrogen and oxygen atoms in total. The van der Waals surface area contributed by atoms with Gasteiger partial charge in [0, 0.05) is 27.2 Å². The molecular formula is C15H23N3O4. The van der Waals surface area contributed by atoms with Crippen molar-refractivity contribution in [1.29, 1.82) is 0 Å². The van der Waals surface area contributed by atoms with Gasteiger partial charge in [0.1, 0.15) is 11.4 Å². The maximum atomic E-state index is 12.2. The average Bonchev–Trinajstić information content (AvgIpc) is 2.42. The highest BCUT2D eigenvalue weighted by Crippen LogP contribution is 2.27. The Morgan fingerprint density at radius 3 is 2.50 bits per heavy atom. The van der Waals surface area contributed by atoms with Gasteiger partial charge in [-0.15, -0.1) is 0 Å². The van der Waals surface area contributed by atoms with Crippen molar-refractivity contribution in [1.82, 2.24) is 9.88 Å². The molecule has 22 heavy (non-hydrogen) atoms. The minimum absolute atomic E-state index is 0.508. The molecule has 0 saturated heterocycles. The summed E-state index contributed by atoms with van der Waals surface area (Å²) in [4.78, 5) is 29.0. The van der Waals surface area contributed by atoms with Crippen LogP contribution in [0.4, 0.5) is 10.6 Å². The first-order valence-electron chi connectivity index (χ1n) is 6.91. The number of rotatable bonds is 4. The third-order valence-electron chi connectivity index (χ3n) is 2.65. The Morgan fingerprint density at radius 2 is 2.00 bits per heavy atom. The second kappa shape index (κ2) is 7.11. The lowest BCUT2D eigenvalue weighted by Gasteiger charge is -2.30. The summed E-state index contributed by atoms with van der Waals surface area (Å²) in [5.41, 5.74) is -0.0825. The lowest BCUT2D eigenvalue weighted by atomic mass is 10.2. The standard InChI is InChI=1S/C15H23N3O4/c1-10(19)21-13(11-8-7-9-17-12(11)16-5)18(6)14(20)22-15(2,3)4/h7-9,13H,1-6H3,(H,16,17). The van der Waals surface area contributed by atoms with E-state index >= 15 is 0 Å². The van der Waals surface area contributed by atoms with Gasteiger partial charge in [-0.25, -0.2) is 9.78 Å². The van der Waals surface area contributed by atoms with Gasteiger partial charge in [0.2, 0.25) is 6.23 Å². The van der Waals surface area contributed by atoms with Crippen LogP contribution in [0.3, 0.4) is 0 Å². The summed E-state index contributed by atoms with van der Waals surface area (Å²) in [6, 6.07) is 3.43. The van der Waals surface area contributed by atoms with Gasteiger partial charge in [0.25, 0.3) is 0 Å². The summed E-state index contributed by atoms with van der Waals surface area (Å²) >= 11 is 0. The third kappa shape index (κ3) is 4.91. The number of carbonyl (C=O) groups excluding carboxylic acids is 2. The first kappa shape index (κ1) is 17.7. The molecule has 1 aromatic heterocycles. The number of nitrogens with zero attached hydrogens (tertiary/aromatic N) is 2. The molecule has 0 aliphatic heterocycles. The van der Waals surface area contributed by atoms with Crippen molar-refractivity contribution in [3.63, 3.8) is 0 Å². The van der Waals surface area contributed by atoms with Crippen LogP contribution in [-0.2, 0) is 14.3 Å². The second-order valence-electron chi connectivity index (χ2n) is 5.74. The first-order chi connectivity index (χ1) is 10.2. The molecule has 1 rings (SSSR count). The van der Waals surface area contributed by atoms with Crippen LogP contribution in [0.5, 0.6) is 0 Å². The predicted molar refractivity (Wildman–Crippen MR) is 82.3 cm³/mol. The van der Waals surface area contributed by atoms with Gasteiger partial charge in [0.05, 0.1) is 5.56 Å². The molecule has 0 bridgehead atoms.